The average molecular weight is 488 g/mol. The van der Waals surface area contributed by atoms with Crippen molar-refractivity contribution in [2.45, 2.75) is 0 Å². The molecule has 80 valence electrons. The minimum Gasteiger partial charge on any atom is -0.153 e. The Morgan fingerprint density at radius 1 is 1.00 bits per heavy atom. The van der Waals surface area contributed by atoms with Gasteiger partial charge in [0.25, 0.3) is 0 Å². The first kappa shape index (κ1) is 12.5. The molecule has 0 N–H and O–H groups in total. The highest BCUT2D eigenvalue weighted by atomic mass is 127. The van der Waals surface area contributed by atoms with Crippen LogP contribution in [0.1, 0.15) is 0 Å². The third-order valence-electron chi connectivity index (χ3n) is 1.86. The molecule has 0 aliphatic carbocycles. The predicted octanol–water partition coefficient (Wildman–Crippen LogP) is 6.12. The van der Waals surface area contributed by atoms with Crippen molar-refractivity contribution in [2.24, 2.45) is 0 Å². The van der Waals surface area contributed by atoms with Crippen molar-refractivity contribution in [1.29, 1.82) is 0 Å². The van der Waals surface area contributed by atoms with Gasteiger partial charge in [0.2, 0.25) is 0 Å². The van der Waals surface area contributed by atoms with Crippen molar-refractivity contribution >= 4 is 80.3 Å². The molecule has 0 aromatic rings. The maximum atomic E-state index is 2.67. The number of hydrogen-bond donors (Lipinski definition) is 0. The first-order valence-corrected chi connectivity index (χ1v) is 14.9. The Bertz CT molecular complexity index is 374. The minimum atomic E-state index is -2.12. The average Bonchev–Trinajstić information content (AvgIpc) is 2.52. The summed E-state index contributed by atoms with van der Waals surface area (Å²) in [7, 11) is 0. The fourth-order valence-corrected chi connectivity index (χ4v) is 16.5. The van der Waals surface area contributed by atoms with Gasteiger partial charge in [0, 0.05) is 0 Å². The molecular formula is C8H10I2S4. The van der Waals surface area contributed by atoms with E-state index >= 15 is 0 Å². The van der Waals surface area contributed by atoms with Gasteiger partial charge < -0.3 is 0 Å². The molecule has 0 bridgehead atoms. The highest BCUT2D eigenvalue weighted by molar-refractivity contribution is 14.3. The number of hydrogen-bond acceptors (Lipinski definition) is 3. The molecule has 0 nitrogen and oxygen atoms in total. The molecule has 0 saturated heterocycles. The van der Waals surface area contributed by atoms with Crippen LogP contribution in [0.5, 0.6) is 0 Å². The summed E-state index contributed by atoms with van der Waals surface area (Å²) in [6.45, 7) is 0. The molecule has 0 saturated carbocycles. The van der Waals surface area contributed by atoms with Crippen LogP contribution in [0.25, 0.3) is 0 Å². The second-order valence-electron chi connectivity index (χ2n) is 3.89. The Labute approximate surface area is 121 Å². The van der Waals surface area contributed by atoms with Crippen molar-refractivity contribution in [1.82, 2.24) is 0 Å². The van der Waals surface area contributed by atoms with Crippen LogP contribution in [0, 0.1) is 0 Å². The summed E-state index contributed by atoms with van der Waals surface area (Å²) < 4.78 is 0.909. The molecule has 0 radical (unpaired) electrons. The lowest BCUT2D eigenvalue weighted by Crippen LogP contribution is -2.13. The molecule has 2 aliphatic heterocycles. The van der Waals surface area contributed by atoms with Crippen molar-refractivity contribution < 1.29 is 0 Å². The van der Waals surface area contributed by atoms with Gasteiger partial charge >= 0.3 is 0 Å². The molecule has 0 fully saturated rings. The van der Waals surface area contributed by atoms with E-state index < -0.39 is 2.64 Å². The number of thioether (sulfide) groups is 3. The number of halogens is 2. The van der Waals surface area contributed by atoms with Crippen LogP contribution >= 0.6 is 80.3 Å². The van der Waals surface area contributed by atoms with E-state index in [1.165, 1.54) is 4.24 Å². The van der Waals surface area contributed by atoms with Crippen LogP contribution in [0.4, 0.5) is 0 Å². The highest BCUT2D eigenvalue weighted by Gasteiger charge is 2.52. The van der Waals surface area contributed by atoms with Gasteiger partial charge in [-0.15, -0.1) is 0 Å². The van der Waals surface area contributed by atoms with Crippen molar-refractivity contribution in [3.05, 3.63) is 30.1 Å². The summed E-state index contributed by atoms with van der Waals surface area (Å²) in [5.74, 6) is 0. The lowest BCUT2D eigenvalue weighted by molar-refractivity contribution is 2.11. The first-order valence-electron chi connectivity index (χ1n) is 3.80. The summed E-state index contributed by atoms with van der Waals surface area (Å²) in [6, 6.07) is 0. The second-order valence-corrected chi connectivity index (χ2v) is 36.6. The number of rotatable bonds is 0. The van der Waals surface area contributed by atoms with E-state index in [2.05, 4.69) is 76.6 Å². The van der Waals surface area contributed by atoms with E-state index in [-0.39, 0.29) is 0 Å². The SMILES string of the molecule is CS1(C)(I)(I)C=CSC1=C1SC=CS1. The lowest BCUT2D eigenvalue weighted by Gasteiger charge is -2.60. The van der Waals surface area contributed by atoms with E-state index in [1.54, 1.807) is 4.24 Å². The van der Waals surface area contributed by atoms with Gasteiger partial charge in [0.1, 0.15) is 0 Å². The van der Waals surface area contributed by atoms with Crippen molar-refractivity contribution in [3.63, 3.8) is 0 Å². The van der Waals surface area contributed by atoms with Crippen LogP contribution in [-0.4, -0.2) is 12.5 Å². The molecule has 0 spiro atoms. The van der Waals surface area contributed by atoms with Gasteiger partial charge in [0.15, 0.2) is 0 Å². The van der Waals surface area contributed by atoms with Crippen LogP contribution in [0.15, 0.2) is 30.1 Å². The summed E-state index contributed by atoms with van der Waals surface area (Å²) >= 11 is 11.0. The zero-order chi connectivity index (χ0) is 10.5. The normalized spacial score (nSPS) is 36.3. The smallest absolute Gasteiger partial charge is 0.0678 e. The maximum absolute atomic E-state index is 2.67. The quantitative estimate of drug-likeness (QED) is 0.378. The van der Waals surface area contributed by atoms with Crippen LogP contribution in [0.3, 0.4) is 0 Å². The van der Waals surface area contributed by atoms with Gasteiger partial charge in [-0.3, -0.25) is 0 Å². The molecule has 0 amide bonds. The van der Waals surface area contributed by atoms with Crippen molar-refractivity contribution in [3.8, 4) is 0 Å². The standard InChI is InChI=1S/C8H10I2S4/c1-14(2,9,10)6-5-13-8(14)7-11-3-4-12-7/h3-6H,1-2H3. The Morgan fingerprint density at radius 2 is 1.57 bits per heavy atom. The Kier molecular flexibility index (Phi) is 2.96. The molecule has 0 unspecified atom stereocenters. The van der Waals surface area contributed by atoms with Crippen LogP contribution in [-0.2, 0) is 0 Å². The minimum absolute atomic E-state index is 1.47. The zero-order valence-electron chi connectivity index (χ0n) is 7.70. The molecule has 14 heavy (non-hydrogen) atoms. The molecular weight excluding hydrogens is 478 g/mol. The van der Waals surface area contributed by atoms with Crippen LogP contribution in [0.2, 0.25) is 0 Å². The summed E-state index contributed by atoms with van der Waals surface area (Å²) in [5, 5.41) is 9.01. The summed E-state index contributed by atoms with van der Waals surface area (Å²) in [6.07, 6.45) is 4.80. The fraction of sp³-hybridized carbons (Fsp3) is 0.250. The maximum Gasteiger partial charge on any atom is 0.0678 e. The van der Waals surface area contributed by atoms with Crippen molar-refractivity contribution in [2.75, 3.05) is 12.5 Å². The van der Waals surface area contributed by atoms with Gasteiger partial charge in [0.05, 0.1) is 8.47 Å². The topological polar surface area (TPSA) is 0 Å². The van der Waals surface area contributed by atoms with Gasteiger partial charge in [-0.2, -0.15) is 2.64 Å². The Hall–Kier alpha value is 2.08. The second kappa shape index (κ2) is 3.30. The Balaban J connectivity index is 2.56. The van der Waals surface area contributed by atoms with E-state index in [1.807, 2.05) is 35.3 Å². The third-order valence-corrected chi connectivity index (χ3v) is 16.1. The van der Waals surface area contributed by atoms with E-state index in [0.717, 1.165) is 0 Å². The summed E-state index contributed by atoms with van der Waals surface area (Å²) in [5.41, 5.74) is 0. The lowest BCUT2D eigenvalue weighted by atomic mass is 11.2. The Morgan fingerprint density at radius 3 is 2.00 bits per heavy atom. The third kappa shape index (κ3) is 2.34. The van der Waals surface area contributed by atoms with Gasteiger partial charge in [-0.25, -0.2) is 0 Å². The fourth-order valence-electron chi connectivity index (χ4n) is 1.12. The molecule has 6 heteroatoms. The van der Waals surface area contributed by atoms with Crippen LogP contribution < -0.4 is 0 Å². The molecule has 2 rings (SSSR count). The monoisotopic (exact) mass is 488 g/mol. The molecule has 0 atom stereocenters. The molecule has 0 aromatic heterocycles. The molecule has 0 aromatic carbocycles. The predicted molar refractivity (Wildman–Crippen MR) is 95.6 cm³/mol. The van der Waals surface area contributed by atoms with Gasteiger partial charge in [-0.05, 0) is 76.6 Å². The molecule has 2 heterocycles. The largest absolute Gasteiger partial charge is 0.153 e. The zero-order valence-corrected chi connectivity index (χ0v) is 15.3. The van der Waals surface area contributed by atoms with Gasteiger partial charge in [-0.1, -0.05) is 35.3 Å². The first-order chi connectivity index (χ1) is 6.22. The molecule has 2 aliphatic rings. The van der Waals surface area contributed by atoms with E-state index in [0.29, 0.717) is 0 Å². The summed E-state index contributed by atoms with van der Waals surface area (Å²) in [4.78, 5) is 0. The van der Waals surface area contributed by atoms with E-state index in [9.17, 15) is 0 Å². The highest BCUT2D eigenvalue weighted by Crippen LogP contribution is 3.06. The van der Waals surface area contributed by atoms with E-state index in [4.69, 9.17) is 0 Å².